The first kappa shape index (κ1) is 8.36. The van der Waals surface area contributed by atoms with Crippen molar-refractivity contribution in [3.8, 4) is 0 Å². The molecule has 66 valence electrons. The molecule has 3 heteroatoms. The van der Waals surface area contributed by atoms with Gasteiger partial charge in [-0.3, -0.25) is 4.79 Å². The molecule has 0 aromatic heterocycles. The molecule has 0 atom stereocenters. The van der Waals surface area contributed by atoms with Crippen LogP contribution in [0.15, 0.2) is 18.2 Å². The normalized spacial score (nSPS) is 15.8. The average Bonchev–Trinajstić information content (AvgIpc) is 2.12. The SMILES string of the molecule is BN1CCc2ccc(C)cc2C1=O. The maximum absolute atomic E-state index is 11.7. The summed E-state index contributed by atoms with van der Waals surface area (Å²) in [6, 6.07) is 6.11. The highest BCUT2D eigenvalue weighted by Crippen LogP contribution is 2.18. The van der Waals surface area contributed by atoms with E-state index in [9.17, 15) is 4.79 Å². The van der Waals surface area contributed by atoms with Gasteiger partial charge in [0, 0.05) is 12.1 Å². The van der Waals surface area contributed by atoms with Crippen LogP contribution in [-0.2, 0) is 6.42 Å². The molecule has 0 radical (unpaired) electrons. The highest BCUT2D eigenvalue weighted by atomic mass is 16.2. The molecule has 0 unspecified atom stereocenters. The predicted molar refractivity (Wildman–Crippen MR) is 54.5 cm³/mol. The Morgan fingerprint density at radius 1 is 1.46 bits per heavy atom. The fourth-order valence-corrected chi connectivity index (χ4v) is 1.70. The van der Waals surface area contributed by atoms with Gasteiger partial charge in [-0.05, 0) is 25.0 Å². The second-order valence-corrected chi connectivity index (χ2v) is 3.64. The van der Waals surface area contributed by atoms with Crippen molar-refractivity contribution in [2.24, 2.45) is 0 Å². The van der Waals surface area contributed by atoms with Crippen molar-refractivity contribution in [1.29, 1.82) is 0 Å². The summed E-state index contributed by atoms with van der Waals surface area (Å²) in [5.41, 5.74) is 3.23. The van der Waals surface area contributed by atoms with Crippen molar-refractivity contribution in [2.75, 3.05) is 6.54 Å². The van der Waals surface area contributed by atoms with Crippen LogP contribution in [0.5, 0.6) is 0 Å². The van der Waals surface area contributed by atoms with Crippen molar-refractivity contribution in [2.45, 2.75) is 13.3 Å². The van der Waals surface area contributed by atoms with Crippen LogP contribution in [-0.4, -0.2) is 25.2 Å². The molecule has 13 heavy (non-hydrogen) atoms. The number of carbonyl (C=O) groups is 1. The molecule has 0 saturated carbocycles. The molecule has 1 aromatic carbocycles. The molecular formula is C10H12BNO. The van der Waals surface area contributed by atoms with E-state index in [1.54, 1.807) is 4.81 Å². The van der Waals surface area contributed by atoms with Gasteiger partial charge in [-0.1, -0.05) is 17.7 Å². The van der Waals surface area contributed by atoms with Gasteiger partial charge in [-0.25, -0.2) is 0 Å². The molecule has 1 amide bonds. The van der Waals surface area contributed by atoms with Gasteiger partial charge < -0.3 is 4.81 Å². The molecule has 0 aliphatic carbocycles. The third-order valence-corrected chi connectivity index (χ3v) is 2.56. The van der Waals surface area contributed by atoms with Crippen LogP contribution in [0.3, 0.4) is 0 Å². The number of fused-ring (bicyclic) bond motifs is 1. The Balaban J connectivity index is 2.51. The summed E-state index contributed by atoms with van der Waals surface area (Å²) in [4.78, 5) is 13.5. The van der Waals surface area contributed by atoms with Gasteiger partial charge in [0.1, 0.15) is 0 Å². The highest BCUT2D eigenvalue weighted by Gasteiger charge is 2.20. The van der Waals surface area contributed by atoms with Crippen molar-refractivity contribution < 1.29 is 4.79 Å². The zero-order valence-corrected chi connectivity index (χ0v) is 8.00. The van der Waals surface area contributed by atoms with Gasteiger partial charge in [0.2, 0.25) is 13.9 Å². The second-order valence-electron chi connectivity index (χ2n) is 3.64. The topological polar surface area (TPSA) is 20.3 Å². The maximum atomic E-state index is 11.7. The molecule has 1 aliphatic heterocycles. The highest BCUT2D eigenvalue weighted by molar-refractivity contribution is 6.19. The largest absolute Gasteiger partial charge is 0.389 e. The molecule has 0 saturated heterocycles. The summed E-state index contributed by atoms with van der Waals surface area (Å²) in [5, 5.41) is 0. The van der Waals surface area contributed by atoms with E-state index >= 15 is 0 Å². The van der Waals surface area contributed by atoms with Gasteiger partial charge in [-0.15, -0.1) is 0 Å². The molecular weight excluding hydrogens is 161 g/mol. The minimum Gasteiger partial charge on any atom is -0.389 e. The monoisotopic (exact) mass is 173 g/mol. The van der Waals surface area contributed by atoms with Gasteiger partial charge >= 0.3 is 0 Å². The van der Waals surface area contributed by atoms with E-state index in [0.717, 1.165) is 24.1 Å². The Hall–Kier alpha value is -1.25. The molecule has 1 heterocycles. The number of nitrogens with zero attached hydrogens (tertiary/aromatic N) is 1. The van der Waals surface area contributed by atoms with Crippen molar-refractivity contribution >= 4 is 13.9 Å². The van der Waals surface area contributed by atoms with E-state index in [4.69, 9.17) is 0 Å². The minimum atomic E-state index is 0.157. The molecule has 1 aromatic rings. The number of carbonyl (C=O) groups excluding carboxylic acids is 1. The smallest absolute Gasteiger partial charge is 0.241 e. The van der Waals surface area contributed by atoms with E-state index < -0.39 is 0 Å². The first-order valence-corrected chi connectivity index (χ1v) is 4.53. The Morgan fingerprint density at radius 3 is 3.00 bits per heavy atom. The van der Waals surface area contributed by atoms with Gasteiger partial charge in [0.25, 0.3) is 0 Å². The summed E-state index contributed by atoms with van der Waals surface area (Å²) in [7, 11) is 1.85. The summed E-state index contributed by atoms with van der Waals surface area (Å²) in [6.07, 6.45) is 0.984. The fourth-order valence-electron chi connectivity index (χ4n) is 1.70. The molecule has 0 fully saturated rings. The van der Waals surface area contributed by atoms with Crippen LogP contribution < -0.4 is 0 Å². The van der Waals surface area contributed by atoms with Gasteiger partial charge in [0.05, 0.1) is 0 Å². The van der Waals surface area contributed by atoms with Gasteiger partial charge in [0.15, 0.2) is 0 Å². The third-order valence-electron chi connectivity index (χ3n) is 2.56. The summed E-state index contributed by atoms with van der Waals surface area (Å²) in [5.74, 6) is 0.157. The lowest BCUT2D eigenvalue weighted by molar-refractivity contribution is 0.0851. The molecule has 2 nitrogen and oxygen atoms in total. The molecule has 2 rings (SSSR count). The van der Waals surface area contributed by atoms with Crippen molar-refractivity contribution in [3.63, 3.8) is 0 Å². The van der Waals surface area contributed by atoms with E-state index in [1.807, 2.05) is 21.0 Å². The van der Waals surface area contributed by atoms with Crippen LogP contribution in [0.4, 0.5) is 0 Å². The number of hydrogen-bond donors (Lipinski definition) is 0. The molecule has 0 N–H and O–H groups in total. The van der Waals surface area contributed by atoms with Crippen LogP contribution in [0.25, 0.3) is 0 Å². The van der Waals surface area contributed by atoms with E-state index in [0.29, 0.717) is 0 Å². The van der Waals surface area contributed by atoms with E-state index in [2.05, 4.69) is 12.1 Å². The quantitative estimate of drug-likeness (QED) is 0.524. The molecule has 1 aliphatic rings. The first-order chi connectivity index (χ1) is 6.18. The van der Waals surface area contributed by atoms with Crippen LogP contribution in [0.1, 0.15) is 21.5 Å². The van der Waals surface area contributed by atoms with Crippen LogP contribution >= 0.6 is 0 Å². The minimum absolute atomic E-state index is 0.157. The molecule has 0 spiro atoms. The standard InChI is InChI=1S/C10H12BNO/c1-7-2-3-8-4-5-12(11)10(13)9(8)6-7/h2-3,6H,4-5,11H2,1H3. The number of hydrogen-bond acceptors (Lipinski definition) is 1. The van der Waals surface area contributed by atoms with Crippen molar-refractivity contribution in [1.82, 2.24) is 4.81 Å². The number of rotatable bonds is 0. The lowest BCUT2D eigenvalue weighted by atomic mass is 9.95. The number of aryl methyl sites for hydroxylation is 1. The maximum Gasteiger partial charge on any atom is 0.241 e. The fraction of sp³-hybridized carbons (Fsp3) is 0.300. The predicted octanol–water partition coefficient (Wildman–Crippen LogP) is 0.541. The summed E-state index contributed by atoms with van der Waals surface area (Å²) >= 11 is 0. The number of benzene rings is 1. The van der Waals surface area contributed by atoms with Crippen LogP contribution in [0, 0.1) is 6.92 Å². The van der Waals surface area contributed by atoms with Crippen molar-refractivity contribution in [3.05, 3.63) is 34.9 Å². The lowest BCUT2D eigenvalue weighted by Gasteiger charge is -2.25. The van der Waals surface area contributed by atoms with E-state index in [-0.39, 0.29) is 5.91 Å². The zero-order chi connectivity index (χ0) is 9.42. The average molecular weight is 173 g/mol. The first-order valence-electron chi connectivity index (χ1n) is 4.53. The second kappa shape index (κ2) is 2.91. The van der Waals surface area contributed by atoms with Gasteiger partial charge in [-0.2, -0.15) is 0 Å². The third kappa shape index (κ3) is 1.35. The lowest BCUT2D eigenvalue weighted by Crippen LogP contribution is -2.35. The zero-order valence-electron chi connectivity index (χ0n) is 8.00. The Labute approximate surface area is 79.0 Å². The van der Waals surface area contributed by atoms with Crippen LogP contribution in [0.2, 0.25) is 0 Å². The van der Waals surface area contributed by atoms with E-state index in [1.165, 1.54) is 5.56 Å². The Kier molecular flexibility index (Phi) is 1.87. The Morgan fingerprint density at radius 2 is 2.23 bits per heavy atom. The number of amides is 1. The molecule has 0 bridgehead atoms. The summed E-state index contributed by atoms with van der Waals surface area (Å²) < 4.78 is 0. The Bertz CT molecular complexity index is 362. The summed E-state index contributed by atoms with van der Waals surface area (Å²) in [6.45, 7) is 2.86.